The van der Waals surface area contributed by atoms with Crippen molar-refractivity contribution >= 4 is 29.8 Å². The number of fused-ring (bicyclic) bond motifs is 3. The first kappa shape index (κ1) is 29.9. The summed E-state index contributed by atoms with van der Waals surface area (Å²) < 4.78 is 17.0. The average molecular weight is 580 g/mol. The van der Waals surface area contributed by atoms with Gasteiger partial charge in [-0.05, 0) is 13.0 Å². The highest BCUT2D eigenvalue weighted by Gasteiger charge is 2.50. The second-order valence-corrected chi connectivity index (χ2v) is 10.2. The summed E-state index contributed by atoms with van der Waals surface area (Å²) >= 11 is 0. The van der Waals surface area contributed by atoms with E-state index in [0.29, 0.717) is 0 Å². The smallest absolute Gasteiger partial charge is 0.202 e. The van der Waals surface area contributed by atoms with E-state index in [4.69, 9.17) is 19.9 Å². The van der Waals surface area contributed by atoms with Gasteiger partial charge in [-0.1, -0.05) is 12.1 Å². The maximum absolute atomic E-state index is 13.6. The van der Waals surface area contributed by atoms with Gasteiger partial charge in [0.15, 0.2) is 17.9 Å². The van der Waals surface area contributed by atoms with Gasteiger partial charge in [-0.25, -0.2) is 0 Å². The van der Waals surface area contributed by atoms with E-state index >= 15 is 0 Å². The molecule has 0 radical (unpaired) electrons. The van der Waals surface area contributed by atoms with Crippen LogP contribution < -0.4 is 10.5 Å². The summed E-state index contributed by atoms with van der Waals surface area (Å²) in [4.78, 5) is 39.7. The first-order valence-corrected chi connectivity index (χ1v) is 12.4. The molecule has 7 N–H and O–H groups in total. The van der Waals surface area contributed by atoms with Crippen LogP contribution in [0.5, 0.6) is 17.2 Å². The molecule has 1 heterocycles. The van der Waals surface area contributed by atoms with Gasteiger partial charge in [0.05, 0.1) is 42.1 Å². The number of hydrogen-bond acceptors (Lipinski definition) is 12. The highest BCUT2D eigenvalue weighted by atomic mass is 35.5. The lowest BCUT2D eigenvalue weighted by Gasteiger charge is -2.42. The molecule has 12 nitrogen and oxygen atoms in total. The Morgan fingerprint density at radius 3 is 2.45 bits per heavy atom. The van der Waals surface area contributed by atoms with Crippen molar-refractivity contribution in [1.29, 1.82) is 0 Å². The Bertz CT molecular complexity index is 1380. The van der Waals surface area contributed by atoms with Gasteiger partial charge in [0.2, 0.25) is 5.78 Å². The Balaban J connectivity index is 0.00000370. The number of benzene rings is 2. The van der Waals surface area contributed by atoms with Crippen molar-refractivity contribution in [1.82, 2.24) is 0 Å². The Morgan fingerprint density at radius 2 is 1.82 bits per heavy atom. The third-order valence-corrected chi connectivity index (χ3v) is 7.81. The molecule has 40 heavy (non-hydrogen) atoms. The lowest BCUT2D eigenvalue weighted by Crippen LogP contribution is -2.53. The second kappa shape index (κ2) is 10.7. The monoisotopic (exact) mass is 579 g/mol. The molecule has 0 spiro atoms. The van der Waals surface area contributed by atoms with E-state index in [1.54, 1.807) is 6.92 Å². The first-order valence-electron chi connectivity index (χ1n) is 12.4. The molecule has 0 saturated carbocycles. The quantitative estimate of drug-likeness (QED) is 0.227. The minimum Gasteiger partial charge on any atom is -0.507 e. The van der Waals surface area contributed by atoms with E-state index in [0.717, 1.165) is 0 Å². The number of carbonyl (C=O) groups is 3. The van der Waals surface area contributed by atoms with E-state index in [1.807, 2.05) is 0 Å². The van der Waals surface area contributed by atoms with Gasteiger partial charge in [-0.2, -0.15) is 0 Å². The molecule has 3 aliphatic rings. The summed E-state index contributed by atoms with van der Waals surface area (Å²) in [5, 5.41) is 53.7. The minimum absolute atomic E-state index is 0. The number of ether oxygens (including phenoxy) is 3. The van der Waals surface area contributed by atoms with E-state index in [1.165, 1.54) is 25.3 Å². The molecule has 216 valence electrons. The number of ketones is 3. The molecule has 0 amide bonds. The number of aromatic hydroxyl groups is 2. The van der Waals surface area contributed by atoms with Gasteiger partial charge in [0, 0.05) is 42.0 Å². The number of aliphatic hydroxyl groups excluding tert-OH is 2. The van der Waals surface area contributed by atoms with E-state index in [-0.39, 0.29) is 46.8 Å². The Hall–Kier alpha value is -3.10. The van der Waals surface area contributed by atoms with Gasteiger partial charge in [-0.15, -0.1) is 12.4 Å². The summed E-state index contributed by atoms with van der Waals surface area (Å²) in [5.41, 5.74) is 2.37. The highest BCUT2D eigenvalue weighted by molar-refractivity contribution is 6.31. The molecule has 1 fully saturated rings. The molecular weight excluding hydrogens is 550 g/mol. The molecule has 1 saturated heterocycles. The Kier molecular flexibility index (Phi) is 8.00. The standard InChI is InChI=1S/C27H29NO11.ClH/c1-10-22(31)13(28)6-17(38-10)39-15-8-27(36,16(30)9-29)7-12-19(15)26(35)21-20(24(12)33)23(32)11-4-3-5-14(37-2)18(11)25(21)34;/h3-5,10,13,15,17,22,29,31,33,35-36H,6-9,28H2,1-2H3;1H/t10-,13-,15?,17-,22+,27?;/m0./s1. The highest BCUT2D eigenvalue weighted by Crippen LogP contribution is 2.52. The van der Waals surface area contributed by atoms with Gasteiger partial charge >= 0.3 is 0 Å². The average Bonchev–Trinajstić information content (AvgIpc) is 2.90. The van der Waals surface area contributed by atoms with E-state index in [9.17, 15) is 39.9 Å². The van der Waals surface area contributed by atoms with Gasteiger partial charge < -0.3 is 45.5 Å². The van der Waals surface area contributed by atoms with Crippen molar-refractivity contribution in [3.63, 3.8) is 0 Å². The van der Waals surface area contributed by atoms with Crippen LogP contribution in [0.15, 0.2) is 18.2 Å². The molecule has 6 atom stereocenters. The van der Waals surface area contributed by atoms with Gasteiger partial charge in [0.1, 0.15) is 29.5 Å². The summed E-state index contributed by atoms with van der Waals surface area (Å²) in [7, 11) is 1.32. The zero-order valence-electron chi connectivity index (χ0n) is 21.6. The van der Waals surface area contributed by atoms with E-state index in [2.05, 4.69) is 0 Å². The molecule has 2 aromatic rings. The predicted octanol–water partition coefficient (Wildman–Crippen LogP) is 0.423. The summed E-state index contributed by atoms with van der Waals surface area (Å²) in [6.45, 7) is 0.560. The lowest BCUT2D eigenvalue weighted by molar-refractivity contribution is -0.247. The van der Waals surface area contributed by atoms with Crippen LogP contribution in [0.4, 0.5) is 0 Å². The second-order valence-electron chi connectivity index (χ2n) is 10.2. The SMILES string of the molecule is COc1cccc2c1C(=O)c1c(O)c3c(c(O)c1C2=O)CC(O)(C(=O)CO)CC3O[C@H]1C[C@H](N)[C@H](O)[C@H](C)O1.Cl. The number of phenols is 2. The molecule has 2 aromatic carbocycles. The number of phenolic OH excluding ortho intramolecular Hbond substituents is 2. The number of carbonyl (C=O) groups excluding carboxylic acids is 3. The number of nitrogens with two attached hydrogens (primary N) is 1. The third-order valence-electron chi connectivity index (χ3n) is 7.81. The number of methoxy groups -OCH3 is 1. The first-order chi connectivity index (χ1) is 18.4. The van der Waals surface area contributed by atoms with Crippen LogP contribution >= 0.6 is 12.4 Å². The van der Waals surface area contributed by atoms with Crippen molar-refractivity contribution in [3.05, 3.63) is 51.6 Å². The molecule has 5 rings (SSSR count). The maximum Gasteiger partial charge on any atom is 0.202 e. The van der Waals surface area contributed by atoms with Crippen LogP contribution in [0.1, 0.15) is 68.8 Å². The van der Waals surface area contributed by atoms with Crippen molar-refractivity contribution in [2.45, 2.75) is 62.4 Å². The fourth-order valence-corrected chi connectivity index (χ4v) is 5.75. The summed E-state index contributed by atoms with van der Waals surface area (Å²) in [6, 6.07) is 3.64. The molecule has 2 aliphatic carbocycles. The number of hydrogen-bond donors (Lipinski definition) is 6. The molecule has 13 heteroatoms. The largest absolute Gasteiger partial charge is 0.507 e. The zero-order valence-corrected chi connectivity index (χ0v) is 22.4. The summed E-state index contributed by atoms with van der Waals surface area (Å²) in [5.74, 6) is -3.77. The minimum atomic E-state index is -2.24. The molecular formula is C27H30ClNO11. The molecule has 0 aromatic heterocycles. The molecule has 2 unspecified atom stereocenters. The van der Waals surface area contributed by atoms with Crippen molar-refractivity contribution in [2.75, 3.05) is 13.7 Å². The van der Waals surface area contributed by atoms with Crippen LogP contribution in [-0.2, 0) is 20.7 Å². The lowest BCUT2D eigenvalue weighted by atomic mass is 9.72. The van der Waals surface area contributed by atoms with E-state index < -0.39 is 95.7 Å². The molecule has 0 bridgehead atoms. The maximum atomic E-state index is 13.6. The molecule has 1 aliphatic heterocycles. The number of aliphatic hydroxyl groups is 3. The van der Waals surface area contributed by atoms with Crippen LogP contribution in [0, 0.1) is 0 Å². The van der Waals surface area contributed by atoms with Gasteiger partial charge in [-0.3, -0.25) is 14.4 Å². The predicted molar refractivity (Wildman–Crippen MR) is 139 cm³/mol. The fourth-order valence-electron chi connectivity index (χ4n) is 5.75. The Morgan fingerprint density at radius 1 is 1.15 bits per heavy atom. The van der Waals surface area contributed by atoms with Crippen LogP contribution in [0.2, 0.25) is 0 Å². The normalized spacial score (nSPS) is 29.1. The van der Waals surface area contributed by atoms with Gasteiger partial charge in [0.25, 0.3) is 0 Å². The Labute approximate surface area is 234 Å². The topological polar surface area (TPSA) is 206 Å². The number of Topliss-reactive ketones (excluding diaryl/α,β-unsaturated/α-hetero) is 1. The number of halogens is 1. The van der Waals surface area contributed by atoms with Crippen molar-refractivity contribution in [2.24, 2.45) is 5.73 Å². The van der Waals surface area contributed by atoms with Crippen LogP contribution in [-0.4, -0.2) is 86.7 Å². The van der Waals surface area contributed by atoms with Crippen LogP contribution in [0.25, 0.3) is 0 Å². The summed E-state index contributed by atoms with van der Waals surface area (Å²) in [6.07, 6.45) is -5.12. The fraction of sp³-hybridized carbons (Fsp3) is 0.444. The van der Waals surface area contributed by atoms with Crippen molar-refractivity contribution in [3.8, 4) is 17.2 Å². The van der Waals surface area contributed by atoms with Crippen LogP contribution in [0.3, 0.4) is 0 Å². The van der Waals surface area contributed by atoms with Crippen molar-refractivity contribution < 1.29 is 54.1 Å². The third kappa shape index (κ3) is 4.45. The zero-order chi connectivity index (χ0) is 28.4. The number of rotatable bonds is 5.